The number of non-ortho nitro benzene ring substituents is 1. The molecule has 1 aliphatic rings. The van der Waals surface area contributed by atoms with Crippen LogP contribution in [0.15, 0.2) is 18.2 Å². The lowest BCUT2D eigenvalue weighted by atomic mass is 10.1. The fourth-order valence-electron chi connectivity index (χ4n) is 2.66. The van der Waals surface area contributed by atoms with Gasteiger partial charge >= 0.3 is 0 Å². The van der Waals surface area contributed by atoms with Gasteiger partial charge in [-0.05, 0) is 38.8 Å². The normalized spacial score (nSPS) is 16.6. The zero-order valence-corrected chi connectivity index (χ0v) is 11.9. The predicted molar refractivity (Wildman–Crippen MR) is 78.0 cm³/mol. The van der Waals surface area contributed by atoms with Gasteiger partial charge in [0.05, 0.1) is 11.0 Å². The number of hydrogen-bond donors (Lipinski definition) is 1. The molecule has 1 fully saturated rings. The van der Waals surface area contributed by atoms with Gasteiger partial charge in [0.2, 0.25) is 0 Å². The van der Waals surface area contributed by atoms with Crippen molar-refractivity contribution in [1.29, 1.82) is 0 Å². The average Bonchev–Trinajstić information content (AvgIpc) is 2.69. The van der Waals surface area contributed by atoms with Crippen LogP contribution in [0.4, 0.5) is 5.69 Å². The summed E-state index contributed by atoms with van der Waals surface area (Å²) in [5, 5.41) is 13.9. The Kier molecular flexibility index (Phi) is 5.35. The third kappa shape index (κ3) is 3.93. The van der Waals surface area contributed by atoms with Crippen molar-refractivity contribution in [2.24, 2.45) is 0 Å². The highest BCUT2D eigenvalue weighted by atomic mass is 16.6. The minimum atomic E-state index is -0.366. The topological polar surface area (TPSA) is 64.4 Å². The van der Waals surface area contributed by atoms with Gasteiger partial charge in [-0.3, -0.25) is 10.1 Å². The summed E-state index contributed by atoms with van der Waals surface area (Å²) in [7, 11) is 1.83. The SMILES string of the molecule is CNCc1cc([N+](=O)[O-])ccc1OC1CCCCCC1. The van der Waals surface area contributed by atoms with Crippen LogP contribution in [-0.2, 0) is 6.54 Å². The zero-order chi connectivity index (χ0) is 14.4. The van der Waals surface area contributed by atoms with E-state index in [0.717, 1.165) is 24.2 Å². The van der Waals surface area contributed by atoms with Crippen LogP contribution in [0.25, 0.3) is 0 Å². The van der Waals surface area contributed by atoms with Gasteiger partial charge in [0.25, 0.3) is 5.69 Å². The quantitative estimate of drug-likeness (QED) is 0.509. The van der Waals surface area contributed by atoms with Crippen molar-refractivity contribution in [3.05, 3.63) is 33.9 Å². The molecule has 110 valence electrons. The summed E-state index contributed by atoms with van der Waals surface area (Å²) in [6, 6.07) is 4.85. The molecule has 1 aromatic rings. The van der Waals surface area contributed by atoms with E-state index in [-0.39, 0.29) is 16.7 Å². The Morgan fingerprint density at radius 2 is 2.00 bits per heavy atom. The standard InChI is InChI=1S/C15H22N2O3/c1-16-11-12-10-13(17(18)19)8-9-15(12)20-14-6-4-2-3-5-7-14/h8-10,14,16H,2-7,11H2,1H3. The van der Waals surface area contributed by atoms with Crippen molar-refractivity contribution in [3.8, 4) is 5.75 Å². The van der Waals surface area contributed by atoms with Crippen LogP contribution in [0.3, 0.4) is 0 Å². The number of nitrogens with zero attached hydrogens (tertiary/aromatic N) is 1. The van der Waals surface area contributed by atoms with Gasteiger partial charge < -0.3 is 10.1 Å². The summed E-state index contributed by atoms with van der Waals surface area (Å²) >= 11 is 0. The largest absolute Gasteiger partial charge is 0.490 e. The highest BCUT2D eigenvalue weighted by Gasteiger charge is 2.17. The Morgan fingerprint density at radius 1 is 1.30 bits per heavy atom. The lowest BCUT2D eigenvalue weighted by Crippen LogP contribution is -2.17. The van der Waals surface area contributed by atoms with Gasteiger partial charge in [-0.25, -0.2) is 0 Å². The molecule has 0 unspecified atom stereocenters. The third-order valence-electron chi connectivity index (χ3n) is 3.72. The zero-order valence-electron chi connectivity index (χ0n) is 11.9. The summed E-state index contributed by atoms with van der Waals surface area (Å²) in [5.41, 5.74) is 0.967. The highest BCUT2D eigenvalue weighted by molar-refractivity contribution is 5.43. The Bertz CT molecular complexity index is 454. The first kappa shape index (κ1) is 14.8. The summed E-state index contributed by atoms with van der Waals surface area (Å²) in [4.78, 5) is 10.5. The molecule has 0 aromatic heterocycles. The van der Waals surface area contributed by atoms with E-state index in [9.17, 15) is 10.1 Å². The van der Waals surface area contributed by atoms with Crippen LogP contribution in [0.1, 0.15) is 44.1 Å². The smallest absolute Gasteiger partial charge is 0.270 e. The Labute approximate surface area is 119 Å². The molecule has 1 aliphatic carbocycles. The van der Waals surface area contributed by atoms with Gasteiger partial charge in [-0.15, -0.1) is 0 Å². The van der Waals surface area contributed by atoms with Crippen molar-refractivity contribution in [2.75, 3.05) is 7.05 Å². The van der Waals surface area contributed by atoms with Gasteiger partial charge in [-0.1, -0.05) is 12.8 Å². The molecule has 0 amide bonds. The molecule has 5 heteroatoms. The van der Waals surface area contributed by atoms with Crippen LogP contribution in [0.5, 0.6) is 5.75 Å². The Morgan fingerprint density at radius 3 is 2.60 bits per heavy atom. The fourth-order valence-corrected chi connectivity index (χ4v) is 2.66. The molecule has 0 heterocycles. The summed E-state index contributed by atoms with van der Waals surface area (Å²) in [5.74, 6) is 0.775. The van der Waals surface area contributed by atoms with Crippen LogP contribution in [0.2, 0.25) is 0 Å². The van der Waals surface area contributed by atoms with Crippen molar-refractivity contribution in [3.63, 3.8) is 0 Å². The van der Waals surface area contributed by atoms with E-state index in [1.165, 1.54) is 31.7 Å². The van der Waals surface area contributed by atoms with Crippen LogP contribution >= 0.6 is 0 Å². The first-order chi connectivity index (χ1) is 9.70. The van der Waals surface area contributed by atoms with E-state index in [4.69, 9.17) is 4.74 Å². The molecule has 1 N–H and O–H groups in total. The molecule has 0 saturated heterocycles. The van der Waals surface area contributed by atoms with Gasteiger partial charge in [0.1, 0.15) is 5.75 Å². The molecule has 2 rings (SSSR count). The maximum Gasteiger partial charge on any atom is 0.270 e. The number of ether oxygens (including phenoxy) is 1. The molecule has 0 spiro atoms. The minimum Gasteiger partial charge on any atom is -0.490 e. The molecule has 5 nitrogen and oxygen atoms in total. The second-order valence-electron chi connectivity index (χ2n) is 5.31. The summed E-state index contributed by atoms with van der Waals surface area (Å²) in [6.45, 7) is 0.573. The lowest BCUT2D eigenvalue weighted by molar-refractivity contribution is -0.384. The van der Waals surface area contributed by atoms with Gasteiger partial charge in [0.15, 0.2) is 0 Å². The molecular formula is C15H22N2O3. The molecule has 1 saturated carbocycles. The maximum absolute atomic E-state index is 10.8. The van der Waals surface area contributed by atoms with E-state index >= 15 is 0 Å². The first-order valence-corrected chi connectivity index (χ1v) is 7.29. The maximum atomic E-state index is 10.8. The van der Waals surface area contributed by atoms with E-state index in [1.54, 1.807) is 12.1 Å². The molecule has 1 aromatic carbocycles. The molecular weight excluding hydrogens is 256 g/mol. The molecule has 0 bridgehead atoms. The second-order valence-corrected chi connectivity index (χ2v) is 5.31. The molecule has 0 radical (unpaired) electrons. The second kappa shape index (κ2) is 7.24. The molecule has 0 aliphatic heterocycles. The third-order valence-corrected chi connectivity index (χ3v) is 3.72. The van der Waals surface area contributed by atoms with Crippen LogP contribution < -0.4 is 10.1 Å². The monoisotopic (exact) mass is 278 g/mol. The van der Waals surface area contributed by atoms with Crippen molar-refractivity contribution in [2.45, 2.75) is 51.2 Å². The minimum absolute atomic E-state index is 0.114. The lowest BCUT2D eigenvalue weighted by Gasteiger charge is -2.19. The van der Waals surface area contributed by atoms with Gasteiger partial charge in [-0.2, -0.15) is 0 Å². The number of hydrogen-bond acceptors (Lipinski definition) is 4. The number of nitro groups is 1. The van der Waals surface area contributed by atoms with Crippen molar-refractivity contribution >= 4 is 5.69 Å². The summed E-state index contributed by atoms with van der Waals surface area (Å²) < 4.78 is 6.09. The Balaban J connectivity index is 2.14. The number of benzene rings is 1. The van der Waals surface area contributed by atoms with Gasteiger partial charge in [0, 0.05) is 24.2 Å². The van der Waals surface area contributed by atoms with E-state index in [2.05, 4.69) is 5.32 Å². The van der Waals surface area contributed by atoms with E-state index < -0.39 is 0 Å². The van der Waals surface area contributed by atoms with E-state index in [0.29, 0.717) is 6.54 Å². The predicted octanol–water partition coefficient (Wildman–Crippen LogP) is 3.42. The summed E-state index contributed by atoms with van der Waals surface area (Å²) in [6.07, 6.45) is 7.38. The average molecular weight is 278 g/mol. The van der Waals surface area contributed by atoms with Crippen LogP contribution in [-0.4, -0.2) is 18.1 Å². The highest BCUT2D eigenvalue weighted by Crippen LogP contribution is 2.28. The van der Waals surface area contributed by atoms with Crippen molar-refractivity contribution in [1.82, 2.24) is 5.32 Å². The number of rotatable bonds is 5. The fraction of sp³-hybridized carbons (Fsp3) is 0.600. The number of nitro benzene ring substituents is 1. The van der Waals surface area contributed by atoms with E-state index in [1.807, 2.05) is 7.05 Å². The van der Waals surface area contributed by atoms with Crippen molar-refractivity contribution < 1.29 is 9.66 Å². The molecule has 20 heavy (non-hydrogen) atoms. The number of nitrogens with one attached hydrogen (secondary N) is 1. The first-order valence-electron chi connectivity index (χ1n) is 7.29. The Hall–Kier alpha value is -1.62. The molecule has 0 atom stereocenters. The van der Waals surface area contributed by atoms with Crippen LogP contribution in [0, 0.1) is 10.1 Å².